The predicted octanol–water partition coefficient (Wildman–Crippen LogP) is 4.58. The van der Waals surface area contributed by atoms with Gasteiger partial charge in [-0.2, -0.15) is 0 Å². The van der Waals surface area contributed by atoms with Crippen molar-refractivity contribution in [1.82, 2.24) is 4.90 Å². The topological polar surface area (TPSA) is 50.8 Å². The first-order chi connectivity index (χ1) is 14.0. The van der Waals surface area contributed by atoms with E-state index in [1.54, 1.807) is 7.11 Å². The SMILES string of the molecule is COc1ccc(NC(=O)C2CCN(Cc3ccccc3)CC2)cc1OCC(C)C. The summed E-state index contributed by atoms with van der Waals surface area (Å²) in [6, 6.07) is 16.1. The van der Waals surface area contributed by atoms with Crippen molar-refractivity contribution in [2.45, 2.75) is 33.2 Å². The zero-order chi connectivity index (χ0) is 20.6. The average Bonchev–Trinajstić information content (AvgIpc) is 2.73. The second kappa shape index (κ2) is 10.3. The van der Waals surface area contributed by atoms with E-state index in [2.05, 4.69) is 48.3 Å². The van der Waals surface area contributed by atoms with Crippen molar-refractivity contribution in [1.29, 1.82) is 0 Å². The first-order valence-corrected chi connectivity index (χ1v) is 10.4. The van der Waals surface area contributed by atoms with Crippen molar-refractivity contribution in [2.24, 2.45) is 11.8 Å². The van der Waals surface area contributed by atoms with Crippen molar-refractivity contribution < 1.29 is 14.3 Å². The molecule has 0 atom stereocenters. The molecule has 2 aromatic carbocycles. The zero-order valence-corrected chi connectivity index (χ0v) is 17.7. The molecule has 3 rings (SSSR count). The molecule has 2 aromatic rings. The van der Waals surface area contributed by atoms with Gasteiger partial charge in [-0.25, -0.2) is 0 Å². The molecular formula is C24H32N2O3. The maximum Gasteiger partial charge on any atom is 0.227 e. The molecule has 0 aromatic heterocycles. The molecule has 5 nitrogen and oxygen atoms in total. The second-order valence-corrected chi connectivity index (χ2v) is 8.10. The number of nitrogens with zero attached hydrogens (tertiary/aromatic N) is 1. The molecule has 1 aliphatic rings. The van der Waals surface area contributed by atoms with Gasteiger partial charge in [-0.3, -0.25) is 9.69 Å². The van der Waals surface area contributed by atoms with Crippen LogP contribution in [0, 0.1) is 11.8 Å². The molecule has 0 radical (unpaired) electrons. The first kappa shape index (κ1) is 21.2. The molecule has 1 N–H and O–H groups in total. The lowest BCUT2D eigenvalue weighted by atomic mass is 9.95. The van der Waals surface area contributed by atoms with Gasteiger partial charge in [-0.05, 0) is 49.5 Å². The van der Waals surface area contributed by atoms with Crippen molar-refractivity contribution in [3.63, 3.8) is 0 Å². The fourth-order valence-electron chi connectivity index (χ4n) is 3.56. The summed E-state index contributed by atoms with van der Waals surface area (Å²) in [4.78, 5) is 15.2. The monoisotopic (exact) mass is 396 g/mol. The van der Waals surface area contributed by atoms with Gasteiger partial charge in [0, 0.05) is 24.2 Å². The third kappa shape index (κ3) is 6.23. The van der Waals surface area contributed by atoms with E-state index in [0.29, 0.717) is 24.0 Å². The number of rotatable bonds is 8. The Morgan fingerprint density at radius 2 is 1.83 bits per heavy atom. The largest absolute Gasteiger partial charge is 0.493 e. The Morgan fingerprint density at radius 1 is 1.10 bits per heavy atom. The number of anilines is 1. The number of hydrogen-bond acceptors (Lipinski definition) is 4. The molecule has 1 saturated heterocycles. The summed E-state index contributed by atoms with van der Waals surface area (Å²) >= 11 is 0. The second-order valence-electron chi connectivity index (χ2n) is 8.10. The van der Waals surface area contributed by atoms with Crippen molar-refractivity contribution >= 4 is 11.6 Å². The Balaban J connectivity index is 1.53. The third-order valence-corrected chi connectivity index (χ3v) is 5.21. The van der Waals surface area contributed by atoms with Gasteiger partial charge in [0.15, 0.2) is 11.5 Å². The van der Waals surface area contributed by atoms with Crippen LogP contribution in [0.5, 0.6) is 11.5 Å². The Kier molecular flexibility index (Phi) is 7.53. The van der Waals surface area contributed by atoms with Crippen LogP contribution in [0.25, 0.3) is 0 Å². The van der Waals surface area contributed by atoms with Crippen LogP contribution in [0.4, 0.5) is 5.69 Å². The summed E-state index contributed by atoms with van der Waals surface area (Å²) in [7, 11) is 1.62. The van der Waals surface area contributed by atoms with Gasteiger partial charge >= 0.3 is 0 Å². The molecular weight excluding hydrogens is 364 g/mol. The number of piperidine rings is 1. The number of ether oxygens (including phenoxy) is 2. The van der Waals surface area contributed by atoms with Crippen molar-refractivity contribution in [2.75, 3.05) is 32.1 Å². The molecule has 29 heavy (non-hydrogen) atoms. The van der Waals surface area contributed by atoms with Crippen LogP contribution in [0.1, 0.15) is 32.3 Å². The van der Waals surface area contributed by atoms with Crippen LogP contribution >= 0.6 is 0 Å². The molecule has 0 saturated carbocycles. The van der Waals surface area contributed by atoms with Gasteiger partial charge in [0.2, 0.25) is 5.91 Å². The smallest absolute Gasteiger partial charge is 0.227 e. The first-order valence-electron chi connectivity index (χ1n) is 10.4. The molecule has 1 amide bonds. The number of nitrogens with one attached hydrogen (secondary N) is 1. The Morgan fingerprint density at radius 3 is 2.48 bits per heavy atom. The van der Waals surface area contributed by atoms with Crippen molar-refractivity contribution in [3.8, 4) is 11.5 Å². The molecule has 5 heteroatoms. The molecule has 0 spiro atoms. The van der Waals surface area contributed by atoms with E-state index in [0.717, 1.165) is 38.2 Å². The molecule has 1 heterocycles. The molecule has 0 bridgehead atoms. The van der Waals surface area contributed by atoms with Crippen LogP contribution in [0.15, 0.2) is 48.5 Å². The molecule has 156 valence electrons. The third-order valence-electron chi connectivity index (χ3n) is 5.21. The molecule has 1 fully saturated rings. The van der Waals surface area contributed by atoms with Gasteiger partial charge in [0.1, 0.15) is 0 Å². The lowest BCUT2D eigenvalue weighted by Crippen LogP contribution is -2.37. The quantitative estimate of drug-likeness (QED) is 0.710. The minimum atomic E-state index is 0.0455. The zero-order valence-electron chi connectivity index (χ0n) is 17.7. The number of benzene rings is 2. The van der Waals surface area contributed by atoms with Crippen LogP contribution in [-0.2, 0) is 11.3 Å². The summed E-state index contributed by atoms with van der Waals surface area (Å²) in [5.74, 6) is 1.89. The van der Waals surface area contributed by atoms with Crippen LogP contribution in [-0.4, -0.2) is 37.6 Å². The number of carbonyl (C=O) groups is 1. The lowest BCUT2D eigenvalue weighted by Gasteiger charge is -2.31. The highest BCUT2D eigenvalue weighted by Crippen LogP contribution is 2.31. The highest BCUT2D eigenvalue weighted by Gasteiger charge is 2.25. The average molecular weight is 397 g/mol. The Labute approximate surface area is 174 Å². The predicted molar refractivity (Wildman–Crippen MR) is 116 cm³/mol. The van der Waals surface area contributed by atoms with Crippen LogP contribution in [0.2, 0.25) is 0 Å². The van der Waals surface area contributed by atoms with E-state index >= 15 is 0 Å². The number of methoxy groups -OCH3 is 1. The maximum atomic E-state index is 12.8. The summed E-state index contributed by atoms with van der Waals surface area (Å²) in [6.45, 7) is 7.64. The van der Waals surface area contributed by atoms with E-state index in [9.17, 15) is 4.79 Å². The van der Waals surface area contributed by atoms with E-state index in [4.69, 9.17) is 9.47 Å². The van der Waals surface area contributed by atoms with Crippen LogP contribution in [0.3, 0.4) is 0 Å². The summed E-state index contributed by atoms with van der Waals surface area (Å²) in [5, 5.41) is 3.06. The minimum Gasteiger partial charge on any atom is -0.493 e. The van der Waals surface area contributed by atoms with E-state index in [-0.39, 0.29) is 11.8 Å². The maximum absolute atomic E-state index is 12.8. The fraction of sp³-hybridized carbons (Fsp3) is 0.458. The van der Waals surface area contributed by atoms with Crippen molar-refractivity contribution in [3.05, 3.63) is 54.1 Å². The summed E-state index contributed by atoms with van der Waals surface area (Å²) < 4.78 is 11.2. The highest BCUT2D eigenvalue weighted by molar-refractivity contribution is 5.93. The van der Waals surface area contributed by atoms with Gasteiger partial charge in [-0.15, -0.1) is 0 Å². The number of likely N-dealkylation sites (tertiary alicyclic amines) is 1. The van der Waals surface area contributed by atoms with E-state index in [1.165, 1.54) is 5.56 Å². The van der Waals surface area contributed by atoms with Gasteiger partial charge < -0.3 is 14.8 Å². The van der Waals surface area contributed by atoms with Gasteiger partial charge in [-0.1, -0.05) is 44.2 Å². The standard InChI is InChI=1S/C24H32N2O3/c1-18(2)17-29-23-15-21(9-10-22(23)28-3)25-24(27)20-11-13-26(14-12-20)16-19-7-5-4-6-8-19/h4-10,15,18,20H,11-14,16-17H2,1-3H3,(H,25,27). The van der Waals surface area contributed by atoms with E-state index < -0.39 is 0 Å². The Bertz CT molecular complexity index is 784. The normalized spacial score (nSPS) is 15.3. The molecule has 1 aliphatic heterocycles. The van der Waals surface area contributed by atoms with Gasteiger partial charge in [0.05, 0.1) is 13.7 Å². The number of carbonyl (C=O) groups excluding carboxylic acids is 1. The summed E-state index contributed by atoms with van der Waals surface area (Å²) in [6.07, 6.45) is 1.76. The Hall–Kier alpha value is -2.53. The number of hydrogen-bond donors (Lipinski definition) is 1. The molecule has 0 unspecified atom stereocenters. The minimum absolute atomic E-state index is 0.0455. The van der Waals surface area contributed by atoms with Crippen LogP contribution < -0.4 is 14.8 Å². The molecule has 0 aliphatic carbocycles. The highest BCUT2D eigenvalue weighted by atomic mass is 16.5. The van der Waals surface area contributed by atoms with Gasteiger partial charge in [0.25, 0.3) is 0 Å². The fourth-order valence-corrected chi connectivity index (χ4v) is 3.56. The summed E-state index contributed by atoms with van der Waals surface area (Å²) in [5.41, 5.74) is 2.07. The number of amides is 1. The van der Waals surface area contributed by atoms with E-state index in [1.807, 2.05) is 24.3 Å². The lowest BCUT2D eigenvalue weighted by molar-refractivity contribution is -0.121.